The second kappa shape index (κ2) is 8.56. The number of hydrogen-bond donors (Lipinski definition) is 2. The summed E-state index contributed by atoms with van der Waals surface area (Å²) in [5, 5.41) is 14.4. The molecule has 2 aliphatic rings. The molecule has 0 unspecified atom stereocenters. The van der Waals surface area contributed by atoms with Gasteiger partial charge in [-0.2, -0.15) is 0 Å². The van der Waals surface area contributed by atoms with Crippen molar-refractivity contribution in [3.8, 4) is 17.0 Å². The number of nitrogens with zero attached hydrogens (tertiary/aromatic N) is 1. The van der Waals surface area contributed by atoms with Gasteiger partial charge in [0, 0.05) is 22.2 Å². The minimum atomic E-state index is -0.892. The SMILES string of the molecule is O=C(O)c1ccc2c(C3CCCCC3)c3n(c2c1)CCOc1c(Nc2ccccc2)cccc1-3. The van der Waals surface area contributed by atoms with Crippen molar-refractivity contribution >= 4 is 28.2 Å². The fourth-order valence-electron chi connectivity index (χ4n) is 5.73. The Labute approximate surface area is 199 Å². The van der Waals surface area contributed by atoms with E-state index in [2.05, 4.69) is 28.1 Å². The lowest BCUT2D eigenvalue weighted by atomic mass is 9.81. The first-order valence-corrected chi connectivity index (χ1v) is 12.2. The normalized spacial score (nSPS) is 15.8. The molecule has 172 valence electrons. The first kappa shape index (κ1) is 20.8. The Morgan fingerprint density at radius 1 is 0.971 bits per heavy atom. The van der Waals surface area contributed by atoms with Gasteiger partial charge in [0.1, 0.15) is 6.61 Å². The van der Waals surface area contributed by atoms with Gasteiger partial charge in [-0.3, -0.25) is 0 Å². The summed E-state index contributed by atoms with van der Waals surface area (Å²) in [4.78, 5) is 11.8. The second-order valence-corrected chi connectivity index (χ2v) is 9.31. The average Bonchev–Trinajstić information content (AvgIpc) is 3.06. The third-order valence-corrected chi connectivity index (χ3v) is 7.25. The summed E-state index contributed by atoms with van der Waals surface area (Å²) in [6, 6.07) is 22.0. The fourth-order valence-corrected chi connectivity index (χ4v) is 5.73. The van der Waals surface area contributed by atoms with Crippen LogP contribution >= 0.6 is 0 Å². The van der Waals surface area contributed by atoms with Crippen molar-refractivity contribution in [2.45, 2.75) is 44.6 Å². The smallest absolute Gasteiger partial charge is 0.335 e. The van der Waals surface area contributed by atoms with Crippen LogP contribution in [0.4, 0.5) is 11.4 Å². The third kappa shape index (κ3) is 3.52. The molecule has 2 heterocycles. The molecule has 5 heteroatoms. The molecule has 0 spiro atoms. The van der Waals surface area contributed by atoms with Gasteiger partial charge < -0.3 is 19.7 Å². The summed E-state index contributed by atoms with van der Waals surface area (Å²) in [5.41, 5.74) is 6.91. The first-order valence-electron chi connectivity index (χ1n) is 12.2. The van der Waals surface area contributed by atoms with Crippen molar-refractivity contribution in [1.29, 1.82) is 0 Å². The largest absolute Gasteiger partial charge is 0.489 e. The third-order valence-electron chi connectivity index (χ3n) is 7.25. The van der Waals surface area contributed by atoms with Crippen LogP contribution in [0.25, 0.3) is 22.2 Å². The fraction of sp³-hybridized carbons (Fsp3) is 0.276. The number of benzene rings is 3. The molecule has 0 amide bonds. The molecule has 0 radical (unpaired) electrons. The predicted octanol–water partition coefficient (Wildman–Crippen LogP) is 7.19. The molecule has 1 aliphatic heterocycles. The predicted molar refractivity (Wildman–Crippen MR) is 135 cm³/mol. The van der Waals surface area contributed by atoms with Gasteiger partial charge in [0.2, 0.25) is 0 Å². The number of carboxylic acids is 1. The lowest BCUT2D eigenvalue weighted by Crippen LogP contribution is -2.07. The van der Waals surface area contributed by atoms with Crippen molar-refractivity contribution in [2.24, 2.45) is 0 Å². The maximum atomic E-state index is 11.8. The zero-order valence-corrected chi connectivity index (χ0v) is 19.1. The van der Waals surface area contributed by atoms with Crippen LogP contribution in [0.15, 0.2) is 66.7 Å². The standard InChI is InChI=1S/C29H28N2O3/c32-29(33)20-14-15-22-25(18-20)31-16-17-34-28-23(27(31)26(22)19-8-3-1-4-9-19)12-7-13-24(28)30-21-10-5-2-6-11-21/h2,5-7,10-15,18-19,30H,1,3-4,8-9,16-17H2,(H,32,33). The van der Waals surface area contributed by atoms with Crippen LogP contribution in [-0.4, -0.2) is 22.2 Å². The molecule has 4 aromatic rings. The van der Waals surface area contributed by atoms with Crippen LogP contribution in [0.5, 0.6) is 5.75 Å². The van der Waals surface area contributed by atoms with Gasteiger partial charge in [0.05, 0.1) is 23.5 Å². The minimum absolute atomic E-state index is 0.327. The number of nitrogens with one attached hydrogen (secondary N) is 1. The van der Waals surface area contributed by atoms with Gasteiger partial charge in [-0.1, -0.05) is 49.6 Å². The van der Waals surface area contributed by atoms with E-state index < -0.39 is 5.97 Å². The van der Waals surface area contributed by atoms with Gasteiger partial charge in [-0.05, 0) is 60.7 Å². The number of rotatable bonds is 4. The van der Waals surface area contributed by atoms with E-state index in [0.717, 1.165) is 28.2 Å². The van der Waals surface area contributed by atoms with Gasteiger partial charge in [-0.15, -0.1) is 0 Å². The van der Waals surface area contributed by atoms with Crippen LogP contribution in [0.2, 0.25) is 0 Å². The van der Waals surface area contributed by atoms with Crippen LogP contribution in [0, 0.1) is 0 Å². The Balaban J connectivity index is 1.59. The zero-order chi connectivity index (χ0) is 23.1. The van der Waals surface area contributed by atoms with E-state index in [1.54, 1.807) is 6.07 Å². The summed E-state index contributed by atoms with van der Waals surface area (Å²) < 4.78 is 8.66. The van der Waals surface area contributed by atoms with E-state index in [4.69, 9.17) is 4.74 Å². The number of aromatic carboxylic acids is 1. The summed E-state index contributed by atoms with van der Waals surface area (Å²) in [6.07, 6.45) is 6.11. The molecular weight excluding hydrogens is 424 g/mol. The molecule has 6 rings (SSSR count). The highest BCUT2D eigenvalue weighted by atomic mass is 16.5. The van der Waals surface area contributed by atoms with Crippen molar-refractivity contribution in [1.82, 2.24) is 4.57 Å². The zero-order valence-electron chi connectivity index (χ0n) is 19.1. The Bertz CT molecular complexity index is 1370. The maximum Gasteiger partial charge on any atom is 0.335 e. The highest BCUT2D eigenvalue weighted by Gasteiger charge is 2.30. The van der Waals surface area contributed by atoms with Crippen LogP contribution in [0.3, 0.4) is 0 Å². The van der Waals surface area contributed by atoms with Gasteiger partial charge in [-0.25, -0.2) is 4.79 Å². The van der Waals surface area contributed by atoms with Gasteiger partial charge in [0.15, 0.2) is 5.75 Å². The number of anilines is 2. The number of fused-ring (bicyclic) bond motifs is 5. The Kier molecular flexibility index (Phi) is 5.25. The second-order valence-electron chi connectivity index (χ2n) is 9.31. The summed E-state index contributed by atoms with van der Waals surface area (Å²) >= 11 is 0. The summed E-state index contributed by atoms with van der Waals surface area (Å²) in [5.74, 6) is 0.444. The van der Waals surface area contributed by atoms with E-state index in [0.29, 0.717) is 24.6 Å². The average molecular weight is 453 g/mol. The molecule has 1 saturated carbocycles. The van der Waals surface area contributed by atoms with E-state index in [-0.39, 0.29) is 0 Å². The molecule has 1 fully saturated rings. The summed E-state index contributed by atoms with van der Waals surface area (Å²) in [6.45, 7) is 1.21. The maximum absolute atomic E-state index is 11.8. The molecule has 1 aromatic heterocycles. The topological polar surface area (TPSA) is 63.5 Å². The minimum Gasteiger partial charge on any atom is -0.489 e. The number of aromatic nitrogens is 1. The quantitative estimate of drug-likeness (QED) is 0.344. The molecule has 0 atom stereocenters. The van der Waals surface area contributed by atoms with Crippen molar-refractivity contribution in [3.05, 3.63) is 77.9 Å². The lowest BCUT2D eigenvalue weighted by Gasteiger charge is -2.24. The van der Waals surface area contributed by atoms with E-state index >= 15 is 0 Å². The highest BCUT2D eigenvalue weighted by molar-refractivity contribution is 5.99. The molecule has 5 nitrogen and oxygen atoms in total. The number of carboxylic acid groups (broad SMARTS) is 1. The number of para-hydroxylation sites is 2. The molecule has 34 heavy (non-hydrogen) atoms. The molecule has 0 bridgehead atoms. The van der Waals surface area contributed by atoms with Crippen LogP contribution < -0.4 is 10.1 Å². The molecular formula is C29H28N2O3. The Hall–Kier alpha value is -3.73. The molecule has 3 aromatic carbocycles. The van der Waals surface area contributed by atoms with E-state index in [1.165, 1.54) is 48.7 Å². The number of hydrogen-bond acceptors (Lipinski definition) is 3. The van der Waals surface area contributed by atoms with Crippen molar-refractivity contribution < 1.29 is 14.6 Å². The number of carbonyl (C=O) groups is 1. The Morgan fingerprint density at radius 3 is 2.59 bits per heavy atom. The lowest BCUT2D eigenvalue weighted by molar-refractivity contribution is 0.0697. The molecule has 2 N–H and O–H groups in total. The van der Waals surface area contributed by atoms with E-state index in [9.17, 15) is 9.90 Å². The van der Waals surface area contributed by atoms with Crippen LogP contribution in [-0.2, 0) is 6.54 Å². The van der Waals surface area contributed by atoms with E-state index in [1.807, 2.05) is 42.5 Å². The first-order chi connectivity index (χ1) is 16.7. The number of ether oxygens (including phenoxy) is 1. The summed E-state index contributed by atoms with van der Waals surface area (Å²) in [7, 11) is 0. The van der Waals surface area contributed by atoms with Gasteiger partial charge in [0.25, 0.3) is 0 Å². The van der Waals surface area contributed by atoms with Crippen molar-refractivity contribution in [3.63, 3.8) is 0 Å². The molecule has 1 aliphatic carbocycles. The van der Waals surface area contributed by atoms with Crippen LogP contribution in [0.1, 0.15) is 53.9 Å². The molecule has 0 saturated heterocycles. The van der Waals surface area contributed by atoms with Crippen molar-refractivity contribution in [2.75, 3.05) is 11.9 Å². The Morgan fingerprint density at radius 2 is 1.79 bits per heavy atom. The monoisotopic (exact) mass is 452 g/mol. The van der Waals surface area contributed by atoms with Gasteiger partial charge >= 0.3 is 5.97 Å². The highest BCUT2D eigenvalue weighted by Crippen LogP contribution is 2.49.